The highest BCUT2D eigenvalue weighted by Gasteiger charge is 2.14. The first kappa shape index (κ1) is 16.1. The van der Waals surface area contributed by atoms with Crippen LogP contribution in [0.15, 0.2) is 47.4 Å². The Morgan fingerprint density at radius 3 is 2.38 bits per heavy atom. The van der Waals surface area contributed by atoms with Crippen molar-refractivity contribution in [3.8, 4) is 5.75 Å². The second-order valence-electron chi connectivity index (χ2n) is 4.47. The van der Waals surface area contributed by atoms with E-state index in [1.165, 1.54) is 12.1 Å². The number of ether oxygens (including phenoxy) is 1. The number of aryl methyl sites for hydroxylation is 1. The van der Waals surface area contributed by atoms with Gasteiger partial charge in [0.05, 0.1) is 11.5 Å². The van der Waals surface area contributed by atoms with Gasteiger partial charge in [0.2, 0.25) is 0 Å². The fourth-order valence-corrected chi connectivity index (χ4v) is 3.32. The van der Waals surface area contributed by atoms with Gasteiger partial charge < -0.3 is 4.74 Å². The number of hydrogen-bond donors (Lipinski definition) is 1. The summed E-state index contributed by atoms with van der Waals surface area (Å²) in [6.45, 7) is 4.41. The van der Waals surface area contributed by atoms with Gasteiger partial charge in [-0.3, -0.25) is 4.72 Å². The number of hydrogen-bond acceptors (Lipinski definition) is 3. The van der Waals surface area contributed by atoms with Crippen molar-refractivity contribution in [3.05, 3.63) is 51.6 Å². The highest BCUT2D eigenvalue weighted by Crippen LogP contribution is 2.22. The molecule has 112 valence electrons. The lowest BCUT2D eigenvalue weighted by molar-refractivity contribution is 0.340. The zero-order valence-electron chi connectivity index (χ0n) is 11.8. The van der Waals surface area contributed by atoms with Crippen LogP contribution in [0.5, 0.6) is 5.75 Å². The van der Waals surface area contributed by atoms with Crippen molar-refractivity contribution in [3.63, 3.8) is 0 Å². The van der Waals surface area contributed by atoms with Crippen molar-refractivity contribution in [1.29, 1.82) is 0 Å². The molecule has 0 aliphatic rings. The summed E-state index contributed by atoms with van der Waals surface area (Å²) >= 11 is 2.18. The summed E-state index contributed by atoms with van der Waals surface area (Å²) in [5.41, 5.74) is 1.67. The van der Waals surface area contributed by atoms with Crippen LogP contribution in [0.4, 0.5) is 5.69 Å². The number of halogens is 1. The highest BCUT2D eigenvalue weighted by molar-refractivity contribution is 14.1. The van der Waals surface area contributed by atoms with E-state index in [-0.39, 0.29) is 4.90 Å². The molecule has 0 amide bonds. The molecule has 2 rings (SSSR count). The normalized spacial score (nSPS) is 11.2. The average molecular weight is 417 g/mol. The van der Waals surface area contributed by atoms with Crippen LogP contribution in [0, 0.1) is 10.5 Å². The van der Waals surface area contributed by atoms with Crippen LogP contribution < -0.4 is 9.46 Å². The third-order valence-electron chi connectivity index (χ3n) is 2.87. The van der Waals surface area contributed by atoms with Gasteiger partial charge in [-0.1, -0.05) is 6.07 Å². The van der Waals surface area contributed by atoms with Crippen LogP contribution in [0.2, 0.25) is 0 Å². The van der Waals surface area contributed by atoms with E-state index >= 15 is 0 Å². The van der Waals surface area contributed by atoms with Gasteiger partial charge in [-0.15, -0.1) is 0 Å². The average Bonchev–Trinajstić information content (AvgIpc) is 2.44. The van der Waals surface area contributed by atoms with Crippen molar-refractivity contribution < 1.29 is 13.2 Å². The minimum Gasteiger partial charge on any atom is -0.494 e. The van der Waals surface area contributed by atoms with Gasteiger partial charge in [0.25, 0.3) is 10.0 Å². The molecule has 0 aliphatic heterocycles. The molecule has 0 saturated carbocycles. The van der Waals surface area contributed by atoms with Crippen LogP contribution in [-0.2, 0) is 10.0 Å². The molecule has 6 heteroatoms. The van der Waals surface area contributed by atoms with E-state index in [2.05, 4.69) is 27.3 Å². The quantitative estimate of drug-likeness (QED) is 0.754. The molecular weight excluding hydrogens is 401 g/mol. The molecular formula is C15H16INO3S. The van der Waals surface area contributed by atoms with Gasteiger partial charge in [0, 0.05) is 9.26 Å². The predicted octanol–water partition coefficient (Wildman–Crippen LogP) is 3.80. The van der Waals surface area contributed by atoms with E-state index in [0.29, 0.717) is 18.0 Å². The second-order valence-corrected chi connectivity index (χ2v) is 7.32. The summed E-state index contributed by atoms with van der Waals surface area (Å²) in [7, 11) is -3.58. The SMILES string of the molecule is CCOc1ccc(S(=O)(=O)Nc2ccc(C)c(I)c2)cc1. The summed E-state index contributed by atoms with van der Waals surface area (Å²) in [5, 5.41) is 0. The Bertz CT molecular complexity index is 727. The minimum atomic E-state index is -3.58. The molecule has 1 N–H and O–H groups in total. The molecule has 0 atom stereocenters. The van der Waals surface area contributed by atoms with Crippen molar-refractivity contribution in [1.82, 2.24) is 0 Å². The van der Waals surface area contributed by atoms with E-state index in [1.54, 1.807) is 18.2 Å². The van der Waals surface area contributed by atoms with Crippen molar-refractivity contribution in [2.45, 2.75) is 18.7 Å². The first-order valence-corrected chi connectivity index (χ1v) is 9.00. The molecule has 0 aromatic heterocycles. The molecule has 0 saturated heterocycles. The molecule has 2 aromatic rings. The Kier molecular flexibility index (Phi) is 5.10. The number of sulfonamides is 1. The molecule has 0 bridgehead atoms. The molecule has 0 heterocycles. The summed E-state index contributed by atoms with van der Waals surface area (Å²) < 4.78 is 33.5. The lowest BCUT2D eigenvalue weighted by atomic mass is 10.2. The summed E-state index contributed by atoms with van der Waals surface area (Å²) in [5.74, 6) is 0.654. The topological polar surface area (TPSA) is 55.4 Å². The third kappa shape index (κ3) is 4.10. The van der Waals surface area contributed by atoms with Gasteiger partial charge in [0.1, 0.15) is 5.75 Å². The zero-order valence-corrected chi connectivity index (χ0v) is 14.7. The first-order valence-electron chi connectivity index (χ1n) is 6.44. The van der Waals surface area contributed by atoms with Crippen molar-refractivity contribution in [2.24, 2.45) is 0 Å². The maximum atomic E-state index is 12.3. The van der Waals surface area contributed by atoms with E-state index < -0.39 is 10.0 Å². The molecule has 4 nitrogen and oxygen atoms in total. The van der Waals surface area contributed by atoms with Crippen LogP contribution >= 0.6 is 22.6 Å². The van der Waals surface area contributed by atoms with Crippen LogP contribution in [0.25, 0.3) is 0 Å². The monoisotopic (exact) mass is 417 g/mol. The third-order valence-corrected chi connectivity index (χ3v) is 5.43. The molecule has 0 unspecified atom stereocenters. The number of nitrogens with one attached hydrogen (secondary N) is 1. The first-order chi connectivity index (χ1) is 9.92. The van der Waals surface area contributed by atoms with E-state index in [4.69, 9.17) is 4.74 Å². The van der Waals surface area contributed by atoms with Gasteiger partial charge in [-0.2, -0.15) is 0 Å². The van der Waals surface area contributed by atoms with Crippen molar-refractivity contribution >= 4 is 38.3 Å². The highest BCUT2D eigenvalue weighted by atomic mass is 127. The molecule has 0 spiro atoms. The number of anilines is 1. The predicted molar refractivity (Wildman–Crippen MR) is 92.3 cm³/mol. The Hall–Kier alpha value is -1.28. The largest absolute Gasteiger partial charge is 0.494 e. The molecule has 0 aliphatic carbocycles. The molecule has 0 radical (unpaired) electrons. The Labute approximate surface area is 138 Å². The van der Waals surface area contributed by atoms with Gasteiger partial charge in [-0.05, 0) is 78.4 Å². The standard InChI is InChI=1S/C15H16INO3S/c1-3-20-13-6-8-14(9-7-13)21(18,19)17-12-5-4-11(2)15(16)10-12/h4-10,17H,3H2,1-2H3. The van der Waals surface area contributed by atoms with E-state index in [9.17, 15) is 8.42 Å². The van der Waals surface area contributed by atoms with Crippen molar-refractivity contribution in [2.75, 3.05) is 11.3 Å². The Balaban J connectivity index is 2.23. The smallest absolute Gasteiger partial charge is 0.261 e. The maximum absolute atomic E-state index is 12.3. The fraction of sp³-hybridized carbons (Fsp3) is 0.200. The number of benzene rings is 2. The van der Waals surface area contributed by atoms with E-state index in [0.717, 1.165) is 9.13 Å². The lowest BCUT2D eigenvalue weighted by Crippen LogP contribution is -2.13. The van der Waals surface area contributed by atoms with Crippen LogP contribution in [-0.4, -0.2) is 15.0 Å². The van der Waals surface area contributed by atoms with Crippen LogP contribution in [0.1, 0.15) is 12.5 Å². The van der Waals surface area contributed by atoms with E-state index in [1.807, 2.05) is 26.0 Å². The fourth-order valence-electron chi connectivity index (χ4n) is 1.75. The molecule has 0 fully saturated rings. The van der Waals surface area contributed by atoms with Gasteiger partial charge in [-0.25, -0.2) is 8.42 Å². The zero-order chi connectivity index (χ0) is 15.5. The summed E-state index contributed by atoms with van der Waals surface area (Å²) in [6, 6.07) is 11.8. The Morgan fingerprint density at radius 1 is 1.14 bits per heavy atom. The maximum Gasteiger partial charge on any atom is 0.261 e. The van der Waals surface area contributed by atoms with Gasteiger partial charge in [0.15, 0.2) is 0 Å². The number of rotatable bonds is 5. The molecule has 2 aromatic carbocycles. The lowest BCUT2D eigenvalue weighted by Gasteiger charge is -2.10. The summed E-state index contributed by atoms with van der Waals surface area (Å²) in [6.07, 6.45) is 0. The summed E-state index contributed by atoms with van der Waals surface area (Å²) in [4.78, 5) is 0.210. The molecule has 21 heavy (non-hydrogen) atoms. The minimum absolute atomic E-state index is 0.210. The Morgan fingerprint density at radius 2 is 1.81 bits per heavy atom. The van der Waals surface area contributed by atoms with Crippen LogP contribution in [0.3, 0.4) is 0 Å². The second kappa shape index (κ2) is 6.65. The van der Waals surface area contributed by atoms with Gasteiger partial charge >= 0.3 is 0 Å².